The molecule has 0 radical (unpaired) electrons. The van der Waals surface area contributed by atoms with E-state index >= 15 is 0 Å². The van der Waals surface area contributed by atoms with E-state index in [0.29, 0.717) is 13.2 Å². The van der Waals surface area contributed by atoms with Crippen LogP contribution in [-0.4, -0.2) is 20.3 Å². The van der Waals surface area contributed by atoms with Crippen LogP contribution < -0.4 is 10.1 Å². The monoisotopic (exact) mass is 285 g/mol. The maximum Gasteiger partial charge on any atom is 0.142 e. The van der Waals surface area contributed by atoms with Gasteiger partial charge in [-0.05, 0) is 37.1 Å². The van der Waals surface area contributed by atoms with Crippen LogP contribution in [0.5, 0.6) is 5.75 Å². The van der Waals surface area contributed by atoms with Gasteiger partial charge in [0.25, 0.3) is 0 Å². The van der Waals surface area contributed by atoms with E-state index in [9.17, 15) is 0 Å². The third-order valence-corrected chi connectivity index (χ3v) is 3.35. The smallest absolute Gasteiger partial charge is 0.142 e. The first-order valence-corrected chi connectivity index (χ1v) is 7.24. The lowest BCUT2D eigenvalue weighted by molar-refractivity contribution is 0.146. The van der Waals surface area contributed by atoms with E-state index in [1.165, 1.54) is 11.1 Å². The molecule has 1 atom stereocenters. The van der Waals surface area contributed by atoms with Crippen LogP contribution in [0.25, 0.3) is 0 Å². The fourth-order valence-corrected chi connectivity index (χ4v) is 2.16. The molecular formula is C18H23NO2. The molecular weight excluding hydrogens is 262 g/mol. The minimum atomic E-state index is 0.221. The molecule has 2 aromatic rings. The predicted octanol–water partition coefficient (Wildman–Crippen LogP) is 4.19. The molecule has 112 valence electrons. The lowest BCUT2D eigenvalue weighted by Gasteiger charge is -2.19. The molecule has 21 heavy (non-hydrogen) atoms. The molecule has 0 aromatic heterocycles. The van der Waals surface area contributed by atoms with Crippen molar-refractivity contribution in [1.82, 2.24) is 0 Å². The number of anilines is 1. The van der Waals surface area contributed by atoms with Crippen molar-refractivity contribution in [3.8, 4) is 5.75 Å². The molecule has 0 bridgehead atoms. The van der Waals surface area contributed by atoms with Gasteiger partial charge in [0.05, 0.1) is 12.3 Å². The van der Waals surface area contributed by atoms with E-state index in [2.05, 4.69) is 61.6 Å². The second-order valence-electron chi connectivity index (χ2n) is 5.12. The van der Waals surface area contributed by atoms with Crippen molar-refractivity contribution in [2.75, 3.05) is 25.6 Å². The van der Waals surface area contributed by atoms with Gasteiger partial charge in [-0.3, -0.25) is 0 Å². The van der Waals surface area contributed by atoms with Gasteiger partial charge in [-0.1, -0.05) is 36.4 Å². The second kappa shape index (κ2) is 7.70. The Labute approximate surface area is 126 Å². The van der Waals surface area contributed by atoms with E-state index < -0.39 is 0 Å². The van der Waals surface area contributed by atoms with Crippen molar-refractivity contribution in [3.63, 3.8) is 0 Å². The van der Waals surface area contributed by atoms with Crippen molar-refractivity contribution < 1.29 is 9.47 Å². The maximum atomic E-state index is 5.81. The molecule has 3 nitrogen and oxygen atoms in total. The summed E-state index contributed by atoms with van der Waals surface area (Å²) in [5.41, 5.74) is 3.44. The number of nitrogens with one attached hydrogen (secondary N) is 1. The Morgan fingerprint density at radius 1 is 1.05 bits per heavy atom. The highest BCUT2D eigenvalue weighted by atomic mass is 16.5. The topological polar surface area (TPSA) is 30.5 Å². The minimum Gasteiger partial charge on any atom is -0.489 e. The fourth-order valence-electron chi connectivity index (χ4n) is 2.16. The summed E-state index contributed by atoms with van der Waals surface area (Å²) in [6.07, 6.45) is 0. The highest BCUT2D eigenvalue weighted by Crippen LogP contribution is 2.29. The molecule has 0 amide bonds. The van der Waals surface area contributed by atoms with Gasteiger partial charge >= 0.3 is 0 Å². The van der Waals surface area contributed by atoms with Gasteiger partial charge in [-0.15, -0.1) is 0 Å². The Hall–Kier alpha value is -2.00. The van der Waals surface area contributed by atoms with Crippen LogP contribution in [0, 0.1) is 6.92 Å². The van der Waals surface area contributed by atoms with Crippen molar-refractivity contribution >= 4 is 5.69 Å². The quantitative estimate of drug-likeness (QED) is 0.774. The molecule has 1 unspecified atom stereocenters. The molecule has 0 heterocycles. The lowest BCUT2D eigenvalue weighted by Crippen LogP contribution is -2.10. The first kappa shape index (κ1) is 15.4. The number of aryl methyl sites for hydroxylation is 1. The summed E-state index contributed by atoms with van der Waals surface area (Å²) in [5, 5.41) is 3.52. The molecule has 0 aliphatic carbocycles. The minimum absolute atomic E-state index is 0.221. The van der Waals surface area contributed by atoms with Crippen LogP contribution in [0.2, 0.25) is 0 Å². The third-order valence-electron chi connectivity index (χ3n) is 3.35. The van der Waals surface area contributed by atoms with E-state index in [4.69, 9.17) is 9.47 Å². The largest absolute Gasteiger partial charge is 0.489 e. The van der Waals surface area contributed by atoms with Crippen LogP contribution in [0.4, 0.5) is 5.69 Å². The molecule has 2 rings (SSSR count). The lowest BCUT2D eigenvalue weighted by atomic mass is 10.1. The Balaban J connectivity index is 2.11. The maximum absolute atomic E-state index is 5.81. The summed E-state index contributed by atoms with van der Waals surface area (Å²) >= 11 is 0. The Morgan fingerprint density at radius 3 is 2.52 bits per heavy atom. The second-order valence-corrected chi connectivity index (χ2v) is 5.12. The summed E-state index contributed by atoms with van der Waals surface area (Å²) in [7, 11) is 1.68. The Bertz CT molecular complexity index is 554. The number of ether oxygens (including phenoxy) is 2. The normalized spacial score (nSPS) is 12.0. The highest BCUT2D eigenvalue weighted by molar-refractivity contribution is 5.58. The van der Waals surface area contributed by atoms with Crippen molar-refractivity contribution in [2.45, 2.75) is 19.9 Å². The predicted molar refractivity (Wildman–Crippen MR) is 87.0 cm³/mol. The molecule has 3 heteroatoms. The van der Waals surface area contributed by atoms with Crippen molar-refractivity contribution in [2.24, 2.45) is 0 Å². The fraction of sp³-hybridized carbons (Fsp3) is 0.333. The van der Waals surface area contributed by atoms with Gasteiger partial charge in [-0.2, -0.15) is 0 Å². The average molecular weight is 285 g/mol. The van der Waals surface area contributed by atoms with Crippen LogP contribution >= 0.6 is 0 Å². The van der Waals surface area contributed by atoms with Crippen LogP contribution in [0.3, 0.4) is 0 Å². The van der Waals surface area contributed by atoms with Gasteiger partial charge in [0.15, 0.2) is 0 Å². The zero-order valence-corrected chi connectivity index (χ0v) is 12.9. The van der Waals surface area contributed by atoms with Crippen molar-refractivity contribution in [1.29, 1.82) is 0 Å². The standard InChI is InChI=1S/C18H23NO2/c1-14-9-10-17(18(13-14)21-12-11-20-3)19-15(2)16-7-5-4-6-8-16/h4-10,13,15,19H,11-12H2,1-3H3. The summed E-state index contributed by atoms with van der Waals surface area (Å²) in [6.45, 7) is 5.34. The Kier molecular flexibility index (Phi) is 5.64. The van der Waals surface area contributed by atoms with Gasteiger partial charge in [-0.25, -0.2) is 0 Å². The van der Waals surface area contributed by atoms with Gasteiger partial charge in [0.1, 0.15) is 12.4 Å². The molecule has 0 fully saturated rings. The average Bonchev–Trinajstić information content (AvgIpc) is 2.51. The summed E-state index contributed by atoms with van der Waals surface area (Å²) in [6, 6.07) is 16.8. The van der Waals surface area contributed by atoms with Gasteiger partial charge in [0, 0.05) is 13.2 Å². The van der Waals surface area contributed by atoms with E-state index in [0.717, 1.165) is 11.4 Å². The zero-order chi connectivity index (χ0) is 15.1. The third kappa shape index (κ3) is 4.50. The number of benzene rings is 2. The van der Waals surface area contributed by atoms with E-state index in [1.807, 2.05) is 6.07 Å². The summed E-state index contributed by atoms with van der Waals surface area (Å²) in [5.74, 6) is 0.870. The number of rotatable bonds is 7. The van der Waals surface area contributed by atoms with Gasteiger partial charge < -0.3 is 14.8 Å². The van der Waals surface area contributed by atoms with E-state index in [-0.39, 0.29) is 6.04 Å². The summed E-state index contributed by atoms with van der Waals surface area (Å²) in [4.78, 5) is 0. The number of hydrogen-bond acceptors (Lipinski definition) is 3. The van der Waals surface area contributed by atoms with Crippen LogP contribution in [-0.2, 0) is 4.74 Å². The SMILES string of the molecule is COCCOc1cc(C)ccc1NC(C)c1ccccc1. The first-order chi connectivity index (χ1) is 10.2. The van der Waals surface area contributed by atoms with Crippen LogP contribution in [0.15, 0.2) is 48.5 Å². The molecule has 0 aliphatic rings. The zero-order valence-electron chi connectivity index (χ0n) is 12.9. The first-order valence-electron chi connectivity index (χ1n) is 7.24. The Morgan fingerprint density at radius 2 is 1.81 bits per heavy atom. The molecule has 0 spiro atoms. The molecule has 0 saturated carbocycles. The van der Waals surface area contributed by atoms with Crippen LogP contribution in [0.1, 0.15) is 24.1 Å². The number of methoxy groups -OCH3 is 1. The molecule has 1 N–H and O–H groups in total. The van der Waals surface area contributed by atoms with E-state index in [1.54, 1.807) is 7.11 Å². The highest BCUT2D eigenvalue weighted by Gasteiger charge is 2.09. The van der Waals surface area contributed by atoms with Crippen molar-refractivity contribution in [3.05, 3.63) is 59.7 Å². The summed E-state index contributed by atoms with van der Waals surface area (Å²) < 4.78 is 10.8. The molecule has 0 aliphatic heterocycles. The molecule has 2 aromatic carbocycles. The van der Waals surface area contributed by atoms with Gasteiger partial charge in [0.2, 0.25) is 0 Å². The molecule has 0 saturated heterocycles. The number of hydrogen-bond donors (Lipinski definition) is 1.